The number of ketones is 1. The predicted octanol–water partition coefficient (Wildman–Crippen LogP) is 1.83. The van der Waals surface area contributed by atoms with E-state index < -0.39 is 18.0 Å². The van der Waals surface area contributed by atoms with Gasteiger partial charge in [-0.1, -0.05) is 43.3 Å². The number of carbonyl (C=O) groups is 2. The molecular formula is C15H18O4. The minimum absolute atomic E-state index is 0.177. The van der Waals surface area contributed by atoms with Crippen molar-refractivity contribution in [2.24, 2.45) is 5.92 Å². The van der Waals surface area contributed by atoms with Crippen LogP contribution in [0.15, 0.2) is 36.4 Å². The lowest BCUT2D eigenvalue weighted by Crippen LogP contribution is -2.33. The largest absolute Gasteiger partial charge is 0.464 e. The maximum atomic E-state index is 11.8. The monoisotopic (exact) mass is 262 g/mol. The first-order valence-corrected chi connectivity index (χ1v) is 6.18. The van der Waals surface area contributed by atoms with Crippen molar-refractivity contribution in [3.63, 3.8) is 0 Å². The summed E-state index contributed by atoms with van der Waals surface area (Å²) in [6.07, 6.45) is 1.59. The third-order valence-electron chi connectivity index (χ3n) is 2.69. The first-order valence-electron chi connectivity index (χ1n) is 6.18. The molecule has 0 heterocycles. The lowest BCUT2D eigenvalue weighted by atomic mass is 9.99. The van der Waals surface area contributed by atoms with Crippen LogP contribution in [-0.4, -0.2) is 29.6 Å². The molecule has 0 saturated carbocycles. The average molecular weight is 262 g/mol. The zero-order valence-electron chi connectivity index (χ0n) is 11.1. The van der Waals surface area contributed by atoms with Crippen LogP contribution in [0, 0.1) is 5.92 Å². The number of aliphatic hydroxyl groups is 1. The van der Waals surface area contributed by atoms with Gasteiger partial charge in [-0.15, -0.1) is 0 Å². The summed E-state index contributed by atoms with van der Waals surface area (Å²) in [5, 5.41) is 9.66. The molecule has 4 nitrogen and oxygen atoms in total. The van der Waals surface area contributed by atoms with E-state index in [2.05, 4.69) is 4.74 Å². The number of hydrogen-bond donors (Lipinski definition) is 1. The van der Waals surface area contributed by atoms with E-state index in [1.807, 2.05) is 30.3 Å². The topological polar surface area (TPSA) is 63.6 Å². The highest BCUT2D eigenvalue weighted by Gasteiger charge is 2.27. The van der Waals surface area contributed by atoms with E-state index in [1.165, 1.54) is 13.0 Å². The highest BCUT2D eigenvalue weighted by Crippen LogP contribution is 2.09. The van der Waals surface area contributed by atoms with Crippen molar-refractivity contribution in [3.8, 4) is 0 Å². The minimum Gasteiger partial charge on any atom is -0.464 e. The van der Waals surface area contributed by atoms with Gasteiger partial charge < -0.3 is 9.84 Å². The van der Waals surface area contributed by atoms with Crippen LogP contribution in [0.25, 0.3) is 6.08 Å². The predicted molar refractivity (Wildman–Crippen MR) is 72.3 cm³/mol. The van der Waals surface area contributed by atoms with Gasteiger partial charge in [-0.2, -0.15) is 0 Å². The second kappa shape index (κ2) is 7.48. The first kappa shape index (κ1) is 15.1. The fourth-order valence-corrected chi connectivity index (χ4v) is 1.48. The highest BCUT2D eigenvalue weighted by atomic mass is 16.5. The Bertz CT molecular complexity index is 450. The van der Waals surface area contributed by atoms with Crippen LogP contribution >= 0.6 is 0 Å². The number of esters is 1. The van der Waals surface area contributed by atoms with Crippen molar-refractivity contribution in [3.05, 3.63) is 42.0 Å². The van der Waals surface area contributed by atoms with Crippen LogP contribution in [0.2, 0.25) is 0 Å². The molecule has 4 heteroatoms. The van der Waals surface area contributed by atoms with Crippen LogP contribution in [-0.2, 0) is 14.3 Å². The lowest BCUT2D eigenvalue weighted by molar-refractivity contribution is -0.157. The van der Waals surface area contributed by atoms with Crippen LogP contribution in [0.3, 0.4) is 0 Å². The van der Waals surface area contributed by atoms with E-state index in [4.69, 9.17) is 0 Å². The molecule has 1 aromatic carbocycles. The van der Waals surface area contributed by atoms with Gasteiger partial charge in [-0.3, -0.25) is 4.79 Å². The maximum Gasteiger partial charge on any atom is 0.335 e. The van der Waals surface area contributed by atoms with Crippen LogP contribution in [0.4, 0.5) is 0 Å². The van der Waals surface area contributed by atoms with E-state index in [1.54, 1.807) is 13.0 Å². The second-order valence-electron chi connectivity index (χ2n) is 4.13. The standard InChI is InChI=1S/C15H18O4/c1-3-19-15(18)14(17)11(2)13(16)10-9-12-7-5-4-6-8-12/h4-11,14,17H,3H2,1-2H3/b10-9+/t11-,14+/m1/s1. The summed E-state index contributed by atoms with van der Waals surface area (Å²) < 4.78 is 4.67. The Labute approximate surface area is 112 Å². The Hall–Kier alpha value is -1.94. The molecule has 2 atom stereocenters. The quantitative estimate of drug-likeness (QED) is 0.627. The van der Waals surface area contributed by atoms with Crippen molar-refractivity contribution in [2.45, 2.75) is 20.0 Å². The Morgan fingerprint density at radius 3 is 2.53 bits per heavy atom. The molecule has 19 heavy (non-hydrogen) atoms. The summed E-state index contributed by atoms with van der Waals surface area (Å²) >= 11 is 0. The normalized spacial score (nSPS) is 14.1. The van der Waals surface area contributed by atoms with Gasteiger partial charge in [0.05, 0.1) is 12.5 Å². The molecule has 0 aromatic heterocycles. The van der Waals surface area contributed by atoms with E-state index >= 15 is 0 Å². The SMILES string of the molecule is CCOC(=O)[C@@H](O)[C@H](C)C(=O)/C=C/c1ccccc1. The van der Waals surface area contributed by atoms with Gasteiger partial charge in [-0.05, 0) is 18.6 Å². The zero-order valence-corrected chi connectivity index (χ0v) is 11.1. The van der Waals surface area contributed by atoms with Gasteiger partial charge in [0.15, 0.2) is 11.9 Å². The van der Waals surface area contributed by atoms with E-state index in [-0.39, 0.29) is 12.4 Å². The molecular weight excluding hydrogens is 244 g/mol. The number of aliphatic hydroxyl groups excluding tert-OH is 1. The fourth-order valence-electron chi connectivity index (χ4n) is 1.48. The van der Waals surface area contributed by atoms with E-state index in [9.17, 15) is 14.7 Å². The number of rotatable bonds is 6. The number of benzene rings is 1. The van der Waals surface area contributed by atoms with E-state index in [0.29, 0.717) is 0 Å². The summed E-state index contributed by atoms with van der Waals surface area (Å²) in [7, 11) is 0. The molecule has 0 spiro atoms. The molecule has 0 aliphatic rings. The Morgan fingerprint density at radius 2 is 1.95 bits per heavy atom. The Morgan fingerprint density at radius 1 is 1.32 bits per heavy atom. The highest BCUT2D eigenvalue weighted by molar-refractivity contribution is 5.98. The van der Waals surface area contributed by atoms with Gasteiger partial charge in [0, 0.05) is 0 Å². The molecule has 0 aliphatic heterocycles. The molecule has 0 radical (unpaired) electrons. The number of ether oxygens (including phenoxy) is 1. The molecule has 102 valence electrons. The third-order valence-corrected chi connectivity index (χ3v) is 2.69. The Kier molecular flexibility index (Phi) is 5.96. The molecule has 0 fully saturated rings. The minimum atomic E-state index is -1.42. The van der Waals surface area contributed by atoms with Gasteiger partial charge >= 0.3 is 5.97 Å². The third kappa shape index (κ3) is 4.67. The van der Waals surface area contributed by atoms with Gasteiger partial charge in [0.1, 0.15) is 0 Å². The number of carbonyl (C=O) groups excluding carboxylic acids is 2. The molecule has 1 rings (SSSR count). The summed E-state index contributed by atoms with van der Waals surface area (Å²) in [6, 6.07) is 9.32. The summed E-state index contributed by atoms with van der Waals surface area (Å²) in [5.41, 5.74) is 0.883. The Balaban J connectivity index is 2.62. The summed E-state index contributed by atoms with van der Waals surface area (Å²) in [6.45, 7) is 3.32. The first-order chi connectivity index (χ1) is 9.06. The van der Waals surface area contributed by atoms with Gasteiger partial charge in [0.2, 0.25) is 0 Å². The molecule has 1 aromatic rings. The van der Waals surface area contributed by atoms with Crippen molar-refractivity contribution >= 4 is 17.8 Å². The number of allylic oxidation sites excluding steroid dienone is 1. The van der Waals surface area contributed by atoms with Gasteiger partial charge in [-0.25, -0.2) is 4.79 Å². The van der Waals surface area contributed by atoms with E-state index in [0.717, 1.165) is 5.56 Å². The summed E-state index contributed by atoms with van der Waals surface area (Å²) in [4.78, 5) is 23.1. The second-order valence-corrected chi connectivity index (χ2v) is 4.13. The summed E-state index contributed by atoms with van der Waals surface area (Å²) in [5.74, 6) is -1.90. The number of hydrogen-bond acceptors (Lipinski definition) is 4. The maximum absolute atomic E-state index is 11.8. The average Bonchev–Trinajstić information content (AvgIpc) is 2.44. The molecule has 0 saturated heterocycles. The van der Waals surface area contributed by atoms with Crippen molar-refractivity contribution < 1.29 is 19.4 Å². The van der Waals surface area contributed by atoms with Crippen molar-refractivity contribution in [2.75, 3.05) is 6.61 Å². The van der Waals surface area contributed by atoms with Crippen molar-refractivity contribution in [1.29, 1.82) is 0 Å². The van der Waals surface area contributed by atoms with Crippen LogP contribution in [0.5, 0.6) is 0 Å². The van der Waals surface area contributed by atoms with Gasteiger partial charge in [0.25, 0.3) is 0 Å². The molecule has 0 amide bonds. The molecule has 0 aliphatic carbocycles. The molecule has 0 unspecified atom stereocenters. The molecule has 0 bridgehead atoms. The zero-order chi connectivity index (χ0) is 14.3. The van der Waals surface area contributed by atoms with Crippen molar-refractivity contribution in [1.82, 2.24) is 0 Å². The fraction of sp³-hybridized carbons (Fsp3) is 0.333. The smallest absolute Gasteiger partial charge is 0.335 e. The lowest BCUT2D eigenvalue weighted by Gasteiger charge is -2.14. The van der Waals surface area contributed by atoms with Crippen LogP contribution < -0.4 is 0 Å². The van der Waals surface area contributed by atoms with Crippen LogP contribution in [0.1, 0.15) is 19.4 Å². The molecule has 1 N–H and O–H groups in total.